The molecule has 0 aliphatic carbocycles. The third kappa shape index (κ3) is 2.29. The van der Waals surface area contributed by atoms with Gasteiger partial charge in [-0.05, 0) is 44.1 Å². The molecule has 0 unspecified atom stereocenters. The normalized spacial score (nSPS) is 11.0. The highest BCUT2D eigenvalue weighted by molar-refractivity contribution is 5.90. The summed E-state index contributed by atoms with van der Waals surface area (Å²) in [6.07, 6.45) is 4.44. The zero-order valence-corrected chi connectivity index (χ0v) is 10.8. The van der Waals surface area contributed by atoms with Crippen molar-refractivity contribution in [2.45, 2.75) is 12.8 Å². The van der Waals surface area contributed by atoms with E-state index in [0.717, 1.165) is 25.1 Å². The number of nitrogens with zero attached hydrogens (tertiary/aromatic N) is 1. The summed E-state index contributed by atoms with van der Waals surface area (Å²) >= 11 is 0. The van der Waals surface area contributed by atoms with Crippen LogP contribution >= 0.6 is 0 Å². The van der Waals surface area contributed by atoms with Crippen molar-refractivity contribution in [2.24, 2.45) is 7.05 Å². The third-order valence-corrected chi connectivity index (χ3v) is 3.15. The first-order valence-electron chi connectivity index (χ1n) is 6.03. The molecule has 2 aromatic rings. The summed E-state index contributed by atoms with van der Waals surface area (Å²) in [4.78, 5) is 0. The Morgan fingerprint density at radius 3 is 2.88 bits per heavy atom. The molecule has 0 saturated carbocycles. The van der Waals surface area contributed by atoms with Crippen molar-refractivity contribution in [3.8, 4) is 5.75 Å². The maximum atomic E-state index is 5.46. The molecule has 92 valence electrons. The molecule has 0 spiro atoms. The van der Waals surface area contributed by atoms with E-state index in [9.17, 15) is 0 Å². The van der Waals surface area contributed by atoms with Gasteiger partial charge in [0.25, 0.3) is 0 Å². The highest BCUT2D eigenvalue weighted by Gasteiger charge is 2.10. The number of fused-ring (bicyclic) bond motifs is 1. The van der Waals surface area contributed by atoms with Crippen molar-refractivity contribution < 1.29 is 4.74 Å². The van der Waals surface area contributed by atoms with Crippen LogP contribution in [0.25, 0.3) is 10.9 Å². The van der Waals surface area contributed by atoms with Crippen LogP contribution in [0.3, 0.4) is 0 Å². The van der Waals surface area contributed by atoms with Crippen molar-refractivity contribution in [3.63, 3.8) is 0 Å². The second-order valence-corrected chi connectivity index (χ2v) is 4.33. The minimum absolute atomic E-state index is 0.975. The lowest BCUT2D eigenvalue weighted by Crippen LogP contribution is -2.08. The molecule has 0 fully saturated rings. The molecule has 1 heterocycles. The lowest BCUT2D eigenvalue weighted by Gasteiger charge is -2.05. The first kappa shape index (κ1) is 12.0. The van der Waals surface area contributed by atoms with Crippen LogP contribution in [-0.4, -0.2) is 25.3 Å². The quantitative estimate of drug-likeness (QED) is 0.801. The fraction of sp³-hybridized carbons (Fsp3) is 0.429. The van der Waals surface area contributed by atoms with Gasteiger partial charge in [-0.1, -0.05) is 6.07 Å². The lowest BCUT2D eigenvalue weighted by atomic mass is 10.1. The second-order valence-electron chi connectivity index (χ2n) is 4.33. The summed E-state index contributed by atoms with van der Waals surface area (Å²) < 4.78 is 7.63. The topological polar surface area (TPSA) is 26.2 Å². The maximum Gasteiger partial charge on any atom is 0.128 e. The van der Waals surface area contributed by atoms with Gasteiger partial charge in [-0.2, -0.15) is 0 Å². The number of hydrogen-bond acceptors (Lipinski definition) is 2. The van der Waals surface area contributed by atoms with Gasteiger partial charge in [0, 0.05) is 18.6 Å². The summed E-state index contributed by atoms with van der Waals surface area (Å²) in [6, 6.07) is 6.21. The number of nitrogens with one attached hydrogen (secondary N) is 1. The van der Waals surface area contributed by atoms with Gasteiger partial charge >= 0.3 is 0 Å². The van der Waals surface area contributed by atoms with E-state index in [2.05, 4.69) is 29.2 Å². The highest BCUT2D eigenvalue weighted by atomic mass is 16.5. The van der Waals surface area contributed by atoms with Crippen LogP contribution in [0.2, 0.25) is 0 Å². The Balaban J connectivity index is 2.40. The van der Waals surface area contributed by atoms with Crippen molar-refractivity contribution in [1.29, 1.82) is 0 Å². The SMILES string of the molecule is CNCCCc1cn(C)c2cccc(OC)c12. The molecule has 1 N–H and O–H groups in total. The van der Waals surface area contributed by atoms with E-state index in [0.29, 0.717) is 0 Å². The number of ether oxygens (including phenoxy) is 1. The largest absolute Gasteiger partial charge is 0.496 e. The molecule has 3 nitrogen and oxygen atoms in total. The average Bonchev–Trinajstić information content (AvgIpc) is 2.67. The molecule has 0 saturated heterocycles. The van der Waals surface area contributed by atoms with Gasteiger partial charge in [0.15, 0.2) is 0 Å². The van der Waals surface area contributed by atoms with Crippen molar-refractivity contribution in [1.82, 2.24) is 9.88 Å². The number of aryl methyl sites for hydroxylation is 2. The Labute approximate surface area is 102 Å². The minimum atomic E-state index is 0.975. The summed E-state index contributed by atoms with van der Waals surface area (Å²) in [5.74, 6) is 0.975. The summed E-state index contributed by atoms with van der Waals surface area (Å²) in [5.41, 5.74) is 2.61. The van der Waals surface area contributed by atoms with Gasteiger partial charge < -0.3 is 14.6 Å². The van der Waals surface area contributed by atoms with Crippen molar-refractivity contribution >= 4 is 10.9 Å². The van der Waals surface area contributed by atoms with Crippen LogP contribution in [-0.2, 0) is 13.5 Å². The molecule has 2 rings (SSSR count). The van der Waals surface area contributed by atoms with Crippen LogP contribution in [0.15, 0.2) is 24.4 Å². The van der Waals surface area contributed by atoms with Crippen LogP contribution < -0.4 is 10.1 Å². The number of benzene rings is 1. The predicted molar refractivity (Wildman–Crippen MR) is 71.7 cm³/mol. The molecule has 0 atom stereocenters. The Bertz CT molecular complexity index is 502. The molecule has 0 radical (unpaired) electrons. The average molecular weight is 232 g/mol. The molecule has 3 heteroatoms. The number of aromatic nitrogens is 1. The van der Waals surface area contributed by atoms with Crippen LogP contribution in [0.4, 0.5) is 0 Å². The van der Waals surface area contributed by atoms with Crippen LogP contribution in [0, 0.1) is 0 Å². The molecule has 1 aromatic carbocycles. The van der Waals surface area contributed by atoms with Crippen LogP contribution in [0.1, 0.15) is 12.0 Å². The monoisotopic (exact) mass is 232 g/mol. The summed E-state index contributed by atoms with van der Waals surface area (Å²) in [5, 5.41) is 4.44. The van der Waals surface area contributed by atoms with E-state index in [4.69, 9.17) is 4.74 Å². The molecule has 0 amide bonds. The fourth-order valence-corrected chi connectivity index (χ4v) is 2.32. The molecular weight excluding hydrogens is 212 g/mol. The number of methoxy groups -OCH3 is 1. The zero-order valence-electron chi connectivity index (χ0n) is 10.8. The lowest BCUT2D eigenvalue weighted by molar-refractivity contribution is 0.419. The summed E-state index contributed by atoms with van der Waals surface area (Å²) in [7, 11) is 5.81. The number of rotatable bonds is 5. The highest BCUT2D eigenvalue weighted by Crippen LogP contribution is 2.30. The standard InChI is InChI=1S/C14H20N2O/c1-15-9-5-6-11-10-16(2)12-7-4-8-13(17-3)14(11)12/h4,7-8,10,15H,5-6,9H2,1-3H3. The summed E-state index contributed by atoms with van der Waals surface area (Å²) in [6.45, 7) is 1.05. The van der Waals surface area contributed by atoms with Gasteiger partial charge in [-0.3, -0.25) is 0 Å². The van der Waals surface area contributed by atoms with E-state index in [-0.39, 0.29) is 0 Å². The molecule has 0 aliphatic rings. The maximum absolute atomic E-state index is 5.46. The van der Waals surface area contributed by atoms with E-state index in [1.54, 1.807) is 7.11 Å². The Morgan fingerprint density at radius 2 is 2.18 bits per heavy atom. The third-order valence-electron chi connectivity index (χ3n) is 3.15. The van der Waals surface area contributed by atoms with E-state index in [1.165, 1.54) is 16.5 Å². The first-order valence-corrected chi connectivity index (χ1v) is 6.03. The van der Waals surface area contributed by atoms with Crippen molar-refractivity contribution in [2.75, 3.05) is 20.7 Å². The van der Waals surface area contributed by atoms with Gasteiger partial charge in [0.05, 0.1) is 12.6 Å². The van der Waals surface area contributed by atoms with Crippen molar-refractivity contribution in [3.05, 3.63) is 30.0 Å². The zero-order chi connectivity index (χ0) is 12.3. The van der Waals surface area contributed by atoms with Gasteiger partial charge in [-0.25, -0.2) is 0 Å². The predicted octanol–water partition coefficient (Wildman–Crippen LogP) is 2.34. The molecule has 0 bridgehead atoms. The smallest absolute Gasteiger partial charge is 0.128 e. The van der Waals surface area contributed by atoms with E-state index >= 15 is 0 Å². The molecule has 0 aliphatic heterocycles. The van der Waals surface area contributed by atoms with Gasteiger partial charge in [0.2, 0.25) is 0 Å². The molecule has 17 heavy (non-hydrogen) atoms. The first-order chi connectivity index (χ1) is 8.27. The Morgan fingerprint density at radius 1 is 1.35 bits per heavy atom. The Kier molecular flexibility index (Phi) is 3.69. The second kappa shape index (κ2) is 5.23. The number of hydrogen-bond donors (Lipinski definition) is 1. The van der Waals surface area contributed by atoms with E-state index in [1.807, 2.05) is 19.2 Å². The van der Waals surface area contributed by atoms with Crippen LogP contribution in [0.5, 0.6) is 5.75 Å². The van der Waals surface area contributed by atoms with E-state index < -0.39 is 0 Å². The molecular formula is C14H20N2O. The van der Waals surface area contributed by atoms with Gasteiger partial charge in [0.1, 0.15) is 5.75 Å². The van der Waals surface area contributed by atoms with Gasteiger partial charge in [-0.15, -0.1) is 0 Å². The minimum Gasteiger partial charge on any atom is -0.496 e. The Hall–Kier alpha value is -1.48. The molecule has 1 aromatic heterocycles. The fourth-order valence-electron chi connectivity index (χ4n) is 2.32.